The number of phenols is 1. The van der Waals surface area contributed by atoms with Crippen molar-refractivity contribution in [1.29, 1.82) is 10.5 Å². The van der Waals surface area contributed by atoms with Gasteiger partial charge < -0.3 is 5.11 Å². The largest absolute Gasteiger partial charge is 0.507 e. The first-order valence-corrected chi connectivity index (χ1v) is 4.69. The molecular formula is C9H4BrFN4O. The summed E-state index contributed by atoms with van der Waals surface area (Å²) in [6.45, 7) is 0. The van der Waals surface area contributed by atoms with E-state index in [9.17, 15) is 9.50 Å². The minimum absolute atomic E-state index is 0.135. The van der Waals surface area contributed by atoms with Crippen LogP contribution in [0.25, 0.3) is 0 Å². The third-order valence-electron chi connectivity index (χ3n) is 1.54. The Bertz CT molecular complexity index is 514. The van der Waals surface area contributed by atoms with E-state index in [1.807, 2.05) is 0 Å². The molecule has 0 amide bonds. The van der Waals surface area contributed by atoms with Crippen LogP contribution in [0.4, 0.5) is 10.1 Å². The first-order valence-electron chi connectivity index (χ1n) is 3.90. The lowest BCUT2D eigenvalue weighted by Gasteiger charge is -2.04. The molecule has 2 N–H and O–H groups in total. The van der Waals surface area contributed by atoms with Crippen LogP contribution in [-0.2, 0) is 0 Å². The summed E-state index contributed by atoms with van der Waals surface area (Å²) in [5.74, 6) is -0.863. The van der Waals surface area contributed by atoms with Crippen LogP contribution in [0.5, 0.6) is 5.75 Å². The van der Waals surface area contributed by atoms with Crippen LogP contribution in [0.3, 0.4) is 0 Å². The predicted molar refractivity (Wildman–Crippen MR) is 58.0 cm³/mol. The average molecular weight is 283 g/mol. The van der Waals surface area contributed by atoms with Gasteiger partial charge in [0, 0.05) is 6.07 Å². The molecule has 0 radical (unpaired) electrons. The fourth-order valence-corrected chi connectivity index (χ4v) is 1.13. The minimum Gasteiger partial charge on any atom is -0.507 e. The van der Waals surface area contributed by atoms with E-state index < -0.39 is 11.5 Å². The molecule has 7 heteroatoms. The molecule has 0 aliphatic carbocycles. The monoisotopic (exact) mass is 282 g/mol. The lowest BCUT2D eigenvalue weighted by molar-refractivity contribution is 0.470. The minimum atomic E-state index is -0.677. The molecule has 0 aromatic heterocycles. The molecule has 0 saturated carbocycles. The summed E-state index contributed by atoms with van der Waals surface area (Å²) in [6, 6.07) is 5.11. The molecule has 5 nitrogen and oxygen atoms in total. The lowest BCUT2D eigenvalue weighted by Crippen LogP contribution is -1.98. The molecule has 0 bridgehead atoms. The second-order valence-electron chi connectivity index (χ2n) is 2.58. The van der Waals surface area contributed by atoms with E-state index in [0.717, 1.165) is 12.1 Å². The number of rotatable bonds is 2. The molecular weight excluding hydrogens is 279 g/mol. The molecule has 0 aliphatic rings. The van der Waals surface area contributed by atoms with E-state index in [1.165, 1.54) is 12.1 Å². The molecule has 1 aromatic rings. The summed E-state index contributed by atoms with van der Waals surface area (Å²) in [5, 5.41) is 29.4. The van der Waals surface area contributed by atoms with Crippen molar-refractivity contribution in [1.82, 2.24) is 0 Å². The van der Waals surface area contributed by atoms with Crippen LogP contribution in [0.1, 0.15) is 0 Å². The van der Waals surface area contributed by atoms with Crippen LogP contribution in [0.2, 0.25) is 0 Å². The van der Waals surface area contributed by atoms with Crippen molar-refractivity contribution in [2.75, 3.05) is 5.43 Å². The number of phenolic OH excluding ortho intramolecular Hbond substituents is 1. The average Bonchev–Trinajstić information content (AvgIpc) is 2.26. The zero-order valence-electron chi connectivity index (χ0n) is 7.70. The molecule has 0 aliphatic heterocycles. The fraction of sp³-hybridized carbons (Fsp3) is 0. The van der Waals surface area contributed by atoms with Gasteiger partial charge in [-0.3, -0.25) is 5.43 Å². The maximum atomic E-state index is 13.3. The van der Waals surface area contributed by atoms with Crippen molar-refractivity contribution in [3.63, 3.8) is 0 Å². The first kappa shape index (κ1) is 12.0. The van der Waals surface area contributed by atoms with Gasteiger partial charge in [0.15, 0.2) is 0 Å². The zero-order valence-corrected chi connectivity index (χ0v) is 9.29. The molecule has 16 heavy (non-hydrogen) atoms. The van der Waals surface area contributed by atoms with Gasteiger partial charge in [-0.2, -0.15) is 15.6 Å². The number of halogens is 2. The summed E-state index contributed by atoms with van der Waals surface area (Å²) < 4.78 is 13.4. The van der Waals surface area contributed by atoms with Crippen LogP contribution >= 0.6 is 15.9 Å². The Balaban J connectivity index is 3.01. The summed E-state index contributed by atoms with van der Waals surface area (Å²) >= 11 is 2.93. The van der Waals surface area contributed by atoms with Gasteiger partial charge >= 0.3 is 0 Å². The Morgan fingerprint density at radius 3 is 2.62 bits per heavy atom. The lowest BCUT2D eigenvalue weighted by atomic mass is 10.3. The summed E-state index contributed by atoms with van der Waals surface area (Å²) in [7, 11) is 0. The number of nitriles is 2. The molecule has 0 unspecified atom stereocenters. The number of benzene rings is 1. The Morgan fingerprint density at radius 1 is 1.44 bits per heavy atom. The predicted octanol–water partition coefficient (Wildman–Crippen LogP) is 2.11. The number of hydrogen-bond acceptors (Lipinski definition) is 5. The Hall–Kier alpha value is -2.12. The van der Waals surface area contributed by atoms with Gasteiger partial charge in [0.05, 0.1) is 10.2 Å². The summed E-state index contributed by atoms with van der Waals surface area (Å²) in [6.07, 6.45) is 0. The third-order valence-corrected chi connectivity index (χ3v) is 2.17. The summed E-state index contributed by atoms with van der Waals surface area (Å²) in [5.41, 5.74) is 1.59. The van der Waals surface area contributed by atoms with Gasteiger partial charge in [-0.25, -0.2) is 4.39 Å². The highest BCUT2D eigenvalue weighted by Crippen LogP contribution is 2.29. The number of hydrogen-bond donors (Lipinski definition) is 2. The van der Waals surface area contributed by atoms with E-state index in [0.29, 0.717) is 0 Å². The highest BCUT2D eigenvalue weighted by molar-refractivity contribution is 9.10. The van der Waals surface area contributed by atoms with Gasteiger partial charge in [-0.05, 0) is 22.0 Å². The van der Waals surface area contributed by atoms with E-state index >= 15 is 0 Å². The summed E-state index contributed by atoms with van der Waals surface area (Å²) in [4.78, 5) is 0. The van der Waals surface area contributed by atoms with Gasteiger partial charge in [-0.15, -0.1) is 0 Å². The smallest absolute Gasteiger partial charge is 0.237 e. The maximum absolute atomic E-state index is 13.3. The standard InChI is InChI=1S/C9H4BrFN4O/c10-6-1-7(11)8(2-9(6)16)15-14-5(3-12)4-13/h1-2,15-16H. The maximum Gasteiger partial charge on any atom is 0.237 e. The van der Waals surface area contributed by atoms with Crippen LogP contribution < -0.4 is 5.43 Å². The number of nitrogens with one attached hydrogen (secondary N) is 1. The van der Waals surface area contributed by atoms with Crippen molar-refractivity contribution in [2.45, 2.75) is 0 Å². The molecule has 1 aromatic carbocycles. The van der Waals surface area contributed by atoms with Crippen molar-refractivity contribution >= 4 is 27.3 Å². The molecule has 0 fully saturated rings. The molecule has 1 rings (SSSR count). The van der Waals surface area contributed by atoms with E-state index in [-0.39, 0.29) is 15.9 Å². The molecule has 0 saturated heterocycles. The third kappa shape index (κ3) is 2.69. The zero-order chi connectivity index (χ0) is 12.1. The van der Waals surface area contributed by atoms with Gasteiger partial charge in [0.25, 0.3) is 0 Å². The van der Waals surface area contributed by atoms with Crippen LogP contribution in [0, 0.1) is 28.5 Å². The highest BCUT2D eigenvalue weighted by atomic mass is 79.9. The van der Waals surface area contributed by atoms with Crippen molar-refractivity contribution in [3.8, 4) is 17.9 Å². The van der Waals surface area contributed by atoms with Crippen LogP contribution in [0.15, 0.2) is 21.7 Å². The Morgan fingerprint density at radius 2 is 2.06 bits per heavy atom. The van der Waals surface area contributed by atoms with Crippen molar-refractivity contribution < 1.29 is 9.50 Å². The second-order valence-corrected chi connectivity index (χ2v) is 3.43. The topological polar surface area (TPSA) is 92.2 Å². The SMILES string of the molecule is N#CC(C#N)=NNc1cc(O)c(Br)cc1F. The number of aromatic hydroxyl groups is 1. The van der Waals surface area contributed by atoms with E-state index in [1.54, 1.807) is 0 Å². The highest BCUT2D eigenvalue weighted by Gasteiger charge is 2.07. The molecule has 0 heterocycles. The van der Waals surface area contributed by atoms with Gasteiger partial charge in [-0.1, -0.05) is 0 Å². The Labute approximate surface area is 98.6 Å². The van der Waals surface area contributed by atoms with Gasteiger partial charge in [0.1, 0.15) is 23.7 Å². The number of anilines is 1. The fourth-order valence-electron chi connectivity index (χ4n) is 0.814. The Kier molecular flexibility index (Phi) is 3.81. The number of hydrazone groups is 1. The van der Waals surface area contributed by atoms with E-state index in [2.05, 4.69) is 26.5 Å². The molecule has 0 spiro atoms. The quantitative estimate of drug-likeness (QED) is 0.642. The van der Waals surface area contributed by atoms with Crippen molar-refractivity contribution in [3.05, 3.63) is 22.4 Å². The molecule has 0 atom stereocenters. The first-order chi connectivity index (χ1) is 7.58. The second kappa shape index (κ2) is 5.10. The van der Waals surface area contributed by atoms with Crippen LogP contribution in [-0.4, -0.2) is 10.8 Å². The normalized spacial score (nSPS) is 8.75. The van der Waals surface area contributed by atoms with Crippen molar-refractivity contribution in [2.24, 2.45) is 5.10 Å². The number of nitrogens with zero attached hydrogens (tertiary/aromatic N) is 3. The van der Waals surface area contributed by atoms with Gasteiger partial charge in [0.2, 0.25) is 5.71 Å². The molecule has 80 valence electrons. The van der Waals surface area contributed by atoms with E-state index in [4.69, 9.17) is 10.5 Å².